The second-order valence-corrected chi connectivity index (χ2v) is 9.38. The molecule has 2 aliphatic carbocycles. The summed E-state index contributed by atoms with van der Waals surface area (Å²) >= 11 is 0. The molecule has 0 amide bonds. The summed E-state index contributed by atoms with van der Waals surface area (Å²) in [7, 11) is 0. The molecular weight excluding hydrogens is 398 g/mol. The molecule has 30 heavy (non-hydrogen) atoms. The van der Waals surface area contributed by atoms with Crippen LogP contribution in [0, 0.1) is 11.2 Å². The largest absolute Gasteiger partial charge is 0.394 e. The van der Waals surface area contributed by atoms with Crippen LogP contribution >= 0.6 is 0 Å². The van der Waals surface area contributed by atoms with Gasteiger partial charge < -0.3 is 5.32 Å². The highest BCUT2D eigenvalue weighted by atomic mass is 19.4. The molecule has 5 rings (SSSR count). The average molecular weight is 419 g/mol. The predicted molar refractivity (Wildman–Crippen MR) is 101 cm³/mol. The maximum Gasteiger partial charge on any atom is 0.394 e. The van der Waals surface area contributed by atoms with Gasteiger partial charge in [-0.05, 0) is 41.9 Å². The molecule has 2 atom stereocenters. The fraction of sp³-hybridized carbons (Fsp3) is 0.500. The number of azo groups is 1. The molecule has 8 heteroatoms. The lowest BCUT2D eigenvalue weighted by molar-refractivity contribution is -0.127. The Hall–Kier alpha value is -2.51. The number of halogens is 4. The Labute approximate surface area is 171 Å². The molecule has 4 aliphatic rings. The van der Waals surface area contributed by atoms with Gasteiger partial charge in [-0.3, -0.25) is 4.79 Å². The predicted octanol–water partition coefficient (Wildman–Crippen LogP) is 5.25. The average Bonchev–Trinajstić information content (AvgIpc) is 3.16. The number of allylic oxidation sites excluding steroid dienone is 3. The van der Waals surface area contributed by atoms with Crippen LogP contribution in [0.2, 0.25) is 0 Å². The van der Waals surface area contributed by atoms with Crippen LogP contribution in [-0.4, -0.2) is 18.1 Å². The molecule has 2 aliphatic heterocycles. The monoisotopic (exact) mass is 419 g/mol. The fourth-order valence-corrected chi connectivity index (χ4v) is 5.74. The normalized spacial score (nSPS) is 29.3. The minimum absolute atomic E-state index is 0.102. The standard InChI is InChI=1S/C22H21F4N3O/c1-20(2)8-14-17(16(30)10-20)21(7-6-11-12(21)4-3-5-13(11)23)18-15(9-22(24,25)26)28-29-19(18)27-14/h3-5,19,27H,6-10H2,1-2H3/t19?,21-/m1/s1. The van der Waals surface area contributed by atoms with E-state index in [1.807, 2.05) is 13.8 Å². The quantitative estimate of drug-likeness (QED) is 0.632. The fourth-order valence-electron chi connectivity index (χ4n) is 5.74. The molecule has 158 valence electrons. The molecule has 1 spiro atoms. The molecule has 4 nitrogen and oxygen atoms in total. The number of ketones is 1. The topological polar surface area (TPSA) is 53.8 Å². The van der Waals surface area contributed by atoms with E-state index in [0.717, 1.165) is 0 Å². The lowest BCUT2D eigenvalue weighted by atomic mass is 9.59. The van der Waals surface area contributed by atoms with Gasteiger partial charge in [0, 0.05) is 23.3 Å². The number of alkyl halides is 3. The molecule has 2 heterocycles. The summed E-state index contributed by atoms with van der Waals surface area (Å²) in [6.45, 7) is 3.98. The Bertz CT molecular complexity index is 1070. The minimum Gasteiger partial charge on any atom is -0.362 e. The number of benzene rings is 1. The van der Waals surface area contributed by atoms with Crippen LogP contribution in [0.4, 0.5) is 17.6 Å². The van der Waals surface area contributed by atoms with Crippen LogP contribution in [-0.2, 0) is 16.6 Å². The van der Waals surface area contributed by atoms with Gasteiger partial charge in [0.25, 0.3) is 0 Å². The number of hydrogen-bond acceptors (Lipinski definition) is 4. The Morgan fingerprint density at radius 1 is 1.23 bits per heavy atom. The number of hydrogen-bond donors (Lipinski definition) is 1. The summed E-state index contributed by atoms with van der Waals surface area (Å²) in [4.78, 5) is 13.4. The first-order chi connectivity index (χ1) is 14.0. The molecule has 1 aromatic carbocycles. The number of carbonyl (C=O) groups excluding carboxylic acids is 1. The van der Waals surface area contributed by atoms with Crippen molar-refractivity contribution in [1.82, 2.24) is 5.32 Å². The van der Waals surface area contributed by atoms with Crippen molar-refractivity contribution in [3.63, 3.8) is 0 Å². The van der Waals surface area contributed by atoms with Crippen LogP contribution in [0.5, 0.6) is 0 Å². The van der Waals surface area contributed by atoms with Crippen LogP contribution in [0.25, 0.3) is 0 Å². The number of nitrogens with one attached hydrogen (secondary N) is 1. The third-order valence-corrected chi connectivity index (χ3v) is 6.65. The minimum atomic E-state index is -4.46. The van der Waals surface area contributed by atoms with E-state index in [1.54, 1.807) is 12.1 Å². The van der Waals surface area contributed by atoms with E-state index in [0.29, 0.717) is 53.7 Å². The van der Waals surface area contributed by atoms with Crippen molar-refractivity contribution in [1.29, 1.82) is 0 Å². The zero-order valence-corrected chi connectivity index (χ0v) is 16.7. The Morgan fingerprint density at radius 2 is 2.00 bits per heavy atom. The molecule has 0 radical (unpaired) electrons. The van der Waals surface area contributed by atoms with Gasteiger partial charge >= 0.3 is 6.18 Å². The van der Waals surface area contributed by atoms with Crippen LogP contribution in [0.3, 0.4) is 0 Å². The number of rotatable bonds is 1. The summed E-state index contributed by atoms with van der Waals surface area (Å²) in [5.74, 6) is -0.495. The van der Waals surface area contributed by atoms with Crippen molar-refractivity contribution >= 4 is 5.78 Å². The van der Waals surface area contributed by atoms with Crippen LogP contribution in [0.15, 0.2) is 51.0 Å². The first kappa shape index (κ1) is 19.5. The highest BCUT2D eigenvalue weighted by Gasteiger charge is 2.58. The maximum atomic E-state index is 14.6. The van der Waals surface area contributed by atoms with Crippen molar-refractivity contribution in [3.8, 4) is 0 Å². The van der Waals surface area contributed by atoms with Crippen molar-refractivity contribution < 1.29 is 22.4 Å². The van der Waals surface area contributed by atoms with E-state index in [2.05, 4.69) is 15.5 Å². The third kappa shape index (κ3) is 2.68. The van der Waals surface area contributed by atoms with Gasteiger partial charge in [-0.15, -0.1) is 0 Å². The van der Waals surface area contributed by atoms with E-state index in [1.165, 1.54) is 6.07 Å². The molecule has 1 N–H and O–H groups in total. The SMILES string of the molecule is CC1(C)CC(=O)C2=C(C1)NC1N=NC(CC(F)(F)F)=C1[C@@]21CCc2c(F)cccc21. The molecular formula is C22H21F4N3O. The van der Waals surface area contributed by atoms with E-state index in [9.17, 15) is 22.4 Å². The van der Waals surface area contributed by atoms with Gasteiger partial charge in [0.05, 0.1) is 17.5 Å². The van der Waals surface area contributed by atoms with Gasteiger partial charge in [-0.25, -0.2) is 4.39 Å². The summed E-state index contributed by atoms with van der Waals surface area (Å²) in [6.07, 6.45) is -4.89. The van der Waals surface area contributed by atoms with Crippen molar-refractivity contribution in [3.05, 3.63) is 57.7 Å². The zero-order valence-electron chi connectivity index (χ0n) is 16.7. The number of Topliss-reactive ketones (excluding diaryl/α,β-unsaturated/α-hetero) is 1. The number of fused-ring (bicyclic) bond motifs is 5. The van der Waals surface area contributed by atoms with Gasteiger partial charge in [0.2, 0.25) is 0 Å². The molecule has 1 unspecified atom stereocenters. The molecule has 0 aromatic heterocycles. The number of nitrogens with zero attached hydrogens (tertiary/aromatic N) is 2. The summed E-state index contributed by atoms with van der Waals surface area (Å²) in [5.41, 5.74) is 1.03. The lowest BCUT2D eigenvalue weighted by Gasteiger charge is -2.47. The van der Waals surface area contributed by atoms with Crippen molar-refractivity contribution in [2.24, 2.45) is 15.6 Å². The molecule has 0 bridgehead atoms. The highest BCUT2D eigenvalue weighted by Crippen LogP contribution is 2.59. The first-order valence-corrected chi connectivity index (χ1v) is 10.0. The molecule has 0 fully saturated rings. The van der Waals surface area contributed by atoms with Crippen molar-refractivity contribution in [2.45, 2.75) is 63.7 Å². The Kier molecular flexibility index (Phi) is 3.90. The summed E-state index contributed by atoms with van der Waals surface area (Å²) in [5, 5.41) is 11.2. The van der Waals surface area contributed by atoms with Gasteiger partial charge in [-0.2, -0.15) is 23.4 Å². The smallest absolute Gasteiger partial charge is 0.362 e. The van der Waals surface area contributed by atoms with Crippen LogP contribution < -0.4 is 5.32 Å². The Balaban J connectivity index is 1.81. The molecule has 1 aromatic rings. The second-order valence-electron chi connectivity index (χ2n) is 9.38. The summed E-state index contributed by atoms with van der Waals surface area (Å²) < 4.78 is 54.6. The Morgan fingerprint density at radius 3 is 2.73 bits per heavy atom. The lowest BCUT2D eigenvalue weighted by Crippen LogP contribution is -2.51. The van der Waals surface area contributed by atoms with E-state index >= 15 is 0 Å². The van der Waals surface area contributed by atoms with Gasteiger partial charge in [-0.1, -0.05) is 26.0 Å². The van der Waals surface area contributed by atoms with Crippen molar-refractivity contribution in [2.75, 3.05) is 0 Å². The van der Waals surface area contributed by atoms with E-state index in [4.69, 9.17) is 0 Å². The zero-order chi connectivity index (χ0) is 21.5. The van der Waals surface area contributed by atoms with E-state index < -0.39 is 30.0 Å². The number of carbonyl (C=O) groups is 1. The van der Waals surface area contributed by atoms with E-state index in [-0.39, 0.29) is 16.9 Å². The highest BCUT2D eigenvalue weighted by molar-refractivity contribution is 6.02. The van der Waals surface area contributed by atoms with Gasteiger partial charge in [0.1, 0.15) is 5.82 Å². The molecule has 0 saturated carbocycles. The maximum absolute atomic E-state index is 14.6. The summed E-state index contributed by atoms with van der Waals surface area (Å²) in [6, 6.07) is 4.65. The second kappa shape index (κ2) is 6.02. The molecule has 0 saturated heterocycles. The van der Waals surface area contributed by atoms with Crippen LogP contribution in [0.1, 0.15) is 50.7 Å². The third-order valence-electron chi connectivity index (χ3n) is 6.65. The first-order valence-electron chi connectivity index (χ1n) is 10.0. The van der Waals surface area contributed by atoms with Gasteiger partial charge in [0.15, 0.2) is 11.9 Å².